The maximum atomic E-state index is 2.45. The topological polar surface area (TPSA) is 0 Å². The van der Waals surface area contributed by atoms with E-state index >= 15 is 0 Å². The average Bonchev–Trinajstić information content (AvgIpc) is 3.18. The average molecular weight is 389 g/mol. The van der Waals surface area contributed by atoms with Crippen molar-refractivity contribution < 1.29 is 0 Å². The summed E-state index contributed by atoms with van der Waals surface area (Å²) in [4.78, 5) is 0. The van der Waals surface area contributed by atoms with E-state index in [9.17, 15) is 0 Å². The predicted molar refractivity (Wildman–Crippen MR) is 130 cm³/mol. The van der Waals surface area contributed by atoms with Crippen molar-refractivity contribution in [3.05, 3.63) is 118 Å². The van der Waals surface area contributed by atoms with Gasteiger partial charge in [0.25, 0.3) is 0 Å². The molecule has 0 fully saturated rings. The number of benzene rings is 4. The second kappa shape index (κ2) is 7.95. The lowest BCUT2D eigenvalue weighted by atomic mass is 9.80. The fraction of sp³-hybridized carbons (Fsp3) is 0.200. The summed E-state index contributed by atoms with van der Waals surface area (Å²) < 4.78 is 0. The monoisotopic (exact) mass is 388 g/mol. The van der Waals surface area contributed by atoms with Gasteiger partial charge in [0.15, 0.2) is 0 Å². The number of allylic oxidation sites excluding steroid dienone is 1. The lowest BCUT2D eigenvalue weighted by Crippen LogP contribution is -2.06. The molecule has 1 atom stereocenters. The van der Waals surface area contributed by atoms with Gasteiger partial charge in [-0.2, -0.15) is 0 Å². The van der Waals surface area contributed by atoms with Gasteiger partial charge in [-0.05, 0) is 81.6 Å². The minimum absolute atomic E-state index is 0.286. The summed E-state index contributed by atoms with van der Waals surface area (Å²) in [5.74, 6) is 0.286. The largest absolute Gasteiger partial charge is 0.0654 e. The standard InChI is InChI=1S/C30H28/c1-3-4-16-25-21(2)28(19-23-14-8-10-17-26(23)25)30-27-18-11-9-15-24(27)20-29(30)22-12-6-5-7-13-22/h5-15,17-20,30H,3-4,16H2,1-2H3. The molecule has 5 rings (SSSR count). The summed E-state index contributed by atoms with van der Waals surface area (Å²) in [7, 11) is 0. The molecule has 0 amide bonds. The molecule has 1 unspecified atom stereocenters. The van der Waals surface area contributed by atoms with Crippen LogP contribution in [0.15, 0.2) is 84.9 Å². The molecule has 1 aliphatic rings. The minimum atomic E-state index is 0.286. The van der Waals surface area contributed by atoms with Gasteiger partial charge >= 0.3 is 0 Å². The molecular weight excluding hydrogens is 360 g/mol. The minimum Gasteiger partial charge on any atom is -0.0654 e. The van der Waals surface area contributed by atoms with Gasteiger partial charge in [-0.3, -0.25) is 0 Å². The third-order valence-electron chi connectivity index (χ3n) is 6.61. The number of rotatable bonds is 5. The first-order valence-electron chi connectivity index (χ1n) is 11.1. The summed E-state index contributed by atoms with van der Waals surface area (Å²) in [6.45, 7) is 4.63. The van der Waals surface area contributed by atoms with Crippen LogP contribution >= 0.6 is 0 Å². The van der Waals surface area contributed by atoms with Crippen molar-refractivity contribution in [2.45, 2.75) is 39.0 Å². The number of unbranched alkanes of at least 4 members (excludes halogenated alkanes) is 1. The predicted octanol–water partition coefficient (Wildman–Crippen LogP) is 8.18. The van der Waals surface area contributed by atoms with E-state index in [-0.39, 0.29) is 5.92 Å². The Labute approximate surface area is 179 Å². The Hall–Kier alpha value is -3.12. The van der Waals surface area contributed by atoms with E-state index in [2.05, 4.69) is 105 Å². The highest BCUT2D eigenvalue weighted by Crippen LogP contribution is 2.48. The van der Waals surface area contributed by atoms with Gasteiger partial charge in [-0.1, -0.05) is 92.2 Å². The van der Waals surface area contributed by atoms with Crippen molar-refractivity contribution in [3.63, 3.8) is 0 Å². The van der Waals surface area contributed by atoms with Gasteiger partial charge in [0, 0.05) is 5.92 Å². The Kier molecular flexibility index (Phi) is 5.01. The Morgan fingerprint density at radius 3 is 2.33 bits per heavy atom. The molecule has 148 valence electrons. The van der Waals surface area contributed by atoms with Crippen molar-refractivity contribution in [3.8, 4) is 0 Å². The molecule has 0 N–H and O–H groups in total. The quantitative estimate of drug-likeness (QED) is 0.323. The zero-order chi connectivity index (χ0) is 20.5. The van der Waals surface area contributed by atoms with Crippen LogP contribution in [0.5, 0.6) is 0 Å². The maximum absolute atomic E-state index is 2.45. The number of hydrogen-bond donors (Lipinski definition) is 0. The number of aryl methyl sites for hydroxylation is 1. The summed E-state index contributed by atoms with van der Waals surface area (Å²) in [6, 6.07) is 31.2. The highest BCUT2D eigenvalue weighted by molar-refractivity contribution is 5.96. The molecule has 0 saturated heterocycles. The van der Waals surface area contributed by atoms with Crippen LogP contribution in [0, 0.1) is 6.92 Å². The molecule has 0 radical (unpaired) electrons. The first kappa shape index (κ1) is 18.9. The molecule has 4 aromatic rings. The van der Waals surface area contributed by atoms with E-state index in [0.29, 0.717) is 0 Å². The molecule has 4 aromatic carbocycles. The highest BCUT2D eigenvalue weighted by Gasteiger charge is 2.29. The molecule has 1 aliphatic carbocycles. The Balaban J connectivity index is 1.75. The number of hydrogen-bond acceptors (Lipinski definition) is 0. The van der Waals surface area contributed by atoms with Crippen LogP contribution in [0.2, 0.25) is 0 Å². The van der Waals surface area contributed by atoms with Crippen LogP contribution in [0.25, 0.3) is 22.4 Å². The second-order valence-corrected chi connectivity index (χ2v) is 8.42. The Morgan fingerprint density at radius 1 is 0.767 bits per heavy atom. The van der Waals surface area contributed by atoms with Crippen molar-refractivity contribution in [1.82, 2.24) is 0 Å². The summed E-state index contributed by atoms with van der Waals surface area (Å²) >= 11 is 0. The third-order valence-corrected chi connectivity index (χ3v) is 6.61. The lowest BCUT2D eigenvalue weighted by molar-refractivity contribution is 0.793. The Bertz CT molecular complexity index is 1230. The molecule has 0 saturated carbocycles. The van der Waals surface area contributed by atoms with Crippen LogP contribution in [0.3, 0.4) is 0 Å². The van der Waals surface area contributed by atoms with Crippen LogP contribution in [0.1, 0.15) is 59.1 Å². The van der Waals surface area contributed by atoms with Crippen LogP contribution < -0.4 is 0 Å². The van der Waals surface area contributed by atoms with Gasteiger partial charge in [0.1, 0.15) is 0 Å². The number of fused-ring (bicyclic) bond motifs is 2. The first-order chi connectivity index (χ1) is 14.8. The summed E-state index contributed by atoms with van der Waals surface area (Å²) in [6.07, 6.45) is 6.00. The van der Waals surface area contributed by atoms with Gasteiger partial charge in [0.05, 0.1) is 0 Å². The van der Waals surface area contributed by atoms with Gasteiger partial charge in [-0.15, -0.1) is 0 Å². The van der Waals surface area contributed by atoms with E-state index in [1.807, 2.05) is 0 Å². The molecule has 0 aromatic heterocycles. The molecule has 0 aliphatic heterocycles. The van der Waals surface area contributed by atoms with Crippen molar-refractivity contribution in [1.29, 1.82) is 0 Å². The van der Waals surface area contributed by atoms with E-state index in [0.717, 1.165) is 6.42 Å². The van der Waals surface area contributed by atoms with E-state index in [1.54, 1.807) is 0 Å². The summed E-state index contributed by atoms with van der Waals surface area (Å²) in [5.41, 5.74) is 9.96. The second-order valence-electron chi connectivity index (χ2n) is 8.42. The van der Waals surface area contributed by atoms with Crippen LogP contribution in [0.4, 0.5) is 0 Å². The zero-order valence-corrected chi connectivity index (χ0v) is 17.9. The lowest BCUT2D eigenvalue weighted by Gasteiger charge is -2.23. The molecule has 0 bridgehead atoms. The Morgan fingerprint density at radius 2 is 1.50 bits per heavy atom. The van der Waals surface area contributed by atoms with Gasteiger partial charge in [-0.25, -0.2) is 0 Å². The fourth-order valence-corrected chi connectivity index (χ4v) is 5.06. The van der Waals surface area contributed by atoms with Crippen molar-refractivity contribution in [2.24, 2.45) is 0 Å². The fourth-order valence-electron chi connectivity index (χ4n) is 5.06. The third kappa shape index (κ3) is 3.17. The summed E-state index contributed by atoms with van der Waals surface area (Å²) in [5, 5.41) is 2.78. The molecule has 0 nitrogen and oxygen atoms in total. The van der Waals surface area contributed by atoms with Gasteiger partial charge in [0.2, 0.25) is 0 Å². The van der Waals surface area contributed by atoms with E-state index in [4.69, 9.17) is 0 Å². The van der Waals surface area contributed by atoms with Crippen LogP contribution in [-0.2, 0) is 6.42 Å². The van der Waals surface area contributed by atoms with Crippen molar-refractivity contribution >= 4 is 22.4 Å². The molecule has 0 heterocycles. The SMILES string of the molecule is CCCCc1c(C)c(C2C(c3ccccc3)=Cc3ccccc32)cc2ccccc12. The molecular formula is C30H28. The van der Waals surface area contributed by atoms with E-state index < -0.39 is 0 Å². The van der Waals surface area contributed by atoms with E-state index in [1.165, 1.54) is 62.6 Å². The highest BCUT2D eigenvalue weighted by atomic mass is 14.3. The molecule has 0 spiro atoms. The molecule has 0 heteroatoms. The van der Waals surface area contributed by atoms with Gasteiger partial charge < -0.3 is 0 Å². The zero-order valence-electron chi connectivity index (χ0n) is 17.9. The molecule has 30 heavy (non-hydrogen) atoms. The van der Waals surface area contributed by atoms with Crippen molar-refractivity contribution in [2.75, 3.05) is 0 Å². The maximum Gasteiger partial charge on any atom is 0.0355 e. The normalized spacial score (nSPS) is 15.3. The first-order valence-corrected chi connectivity index (χ1v) is 11.1. The smallest absolute Gasteiger partial charge is 0.0355 e. The van der Waals surface area contributed by atoms with Crippen LogP contribution in [-0.4, -0.2) is 0 Å².